The quantitative estimate of drug-likeness (QED) is 0.561. The third-order valence-corrected chi connectivity index (χ3v) is 4.03. The molecule has 0 spiro atoms. The van der Waals surface area contributed by atoms with E-state index < -0.39 is 0 Å². The van der Waals surface area contributed by atoms with Crippen molar-refractivity contribution < 1.29 is 4.79 Å². The molecule has 27 heavy (non-hydrogen) atoms. The molecule has 0 unspecified atom stereocenters. The number of carbonyl (C=O) groups is 1. The molecule has 1 amide bonds. The Balaban J connectivity index is 1.81. The average molecular weight is 358 g/mol. The normalized spacial score (nSPS) is 9.74. The summed E-state index contributed by atoms with van der Waals surface area (Å²) in [5, 5.41) is 24.1. The molecule has 2 aromatic carbocycles. The SMILES string of the molecule is Cc1ccc(C=C(C#N)C#N)c(CCNCCNC(=O)c2ccccc2)c1. The molecule has 5 heteroatoms. The monoisotopic (exact) mass is 358 g/mol. The summed E-state index contributed by atoms with van der Waals surface area (Å²) in [6, 6.07) is 18.9. The van der Waals surface area contributed by atoms with Gasteiger partial charge in [0.1, 0.15) is 17.7 Å². The van der Waals surface area contributed by atoms with E-state index in [0.717, 1.165) is 29.7 Å². The standard InChI is InChI=1S/C22H22N4O/c1-17-7-8-20(14-18(15-23)16-24)21(13-17)9-10-25-11-12-26-22(27)19-5-3-2-4-6-19/h2-8,13-14,25H,9-12H2,1H3,(H,26,27). The summed E-state index contributed by atoms with van der Waals surface area (Å²) < 4.78 is 0. The number of carbonyl (C=O) groups excluding carboxylic acids is 1. The van der Waals surface area contributed by atoms with Gasteiger partial charge in [0.2, 0.25) is 0 Å². The number of benzene rings is 2. The van der Waals surface area contributed by atoms with Crippen molar-refractivity contribution in [1.29, 1.82) is 10.5 Å². The lowest BCUT2D eigenvalue weighted by molar-refractivity contribution is 0.0954. The third-order valence-electron chi connectivity index (χ3n) is 4.03. The van der Waals surface area contributed by atoms with Gasteiger partial charge in [-0.1, -0.05) is 42.0 Å². The number of nitrogens with zero attached hydrogens (tertiary/aromatic N) is 2. The number of allylic oxidation sites excluding steroid dienone is 1. The highest BCUT2D eigenvalue weighted by Crippen LogP contribution is 2.16. The largest absolute Gasteiger partial charge is 0.351 e. The molecule has 0 aliphatic heterocycles. The number of amides is 1. The van der Waals surface area contributed by atoms with Crippen LogP contribution in [0.15, 0.2) is 54.1 Å². The van der Waals surface area contributed by atoms with Crippen LogP contribution in [-0.4, -0.2) is 25.5 Å². The molecule has 0 aliphatic rings. The van der Waals surface area contributed by atoms with E-state index in [1.54, 1.807) is 18.2 Å². The maximum Gasteiger partial charge on any atom is 0.251 e. The van der Waals surface area contributed by atoms with Crippen molar-refractivity contribution in [3.8, 4) is 12.1 Å². The Morgan fingerprint density at radius 2 is 1.78 bits per heavy atom. The highest BCUT2D eigenvalue weighted by atomic mass is 16.1. The zero-order chi connectivity index (χ0) is 19.5. The number of rotatable bonds is 8. The number of hydrogen-bond donors (Lipinski definition) is 2. The second kappa shape index (κ2) is 10.6. The molecule has 0 atom stereocenters. The minimum atomic E-state index is -0.0796. The van der Waals surface area contributed by atoms with Crippen LogP contribution in [0.25, 0.3) is 6.08 Å². The zero-order valence-corrected chi connectivity index (χ0v) is 15.3. The van der Waals surface area contributed by atoms with Gasteiger partial charge in [0.15, 0.2) is 0 Å². The van der Waals surface area contributed by atoms with Gasteiger partial charge in [-0.2, -0.15) is 10.5 Å². The smallest absolute Gasteiger partial charge is 0.251 e. The van der Waals surface area contributed by atoms with E-state index in [2.05, 4.69) is 16.7 Å². The first kappa shape index (κ1) is 19.9. The van der Waals surface area contributed by atoms with Crippen molar-refractivity contribution in [1.82, 2.24) is 10.6 Å². The first-order valence-electron chi connectivity index (χ1n) is 8.79. The van der Waals surface area contributed by atoms with Crippen LogP contribution < -0.4 is 10.6 Å². The molecule has 0 saturated carbocycles. The summed E-state index contributed by atoms with van der Waals surface area (Å²) in [7, 11) is 0. The zero-order valence-electron chi connectivity index (χ0n) is 15.3. The molecule has 2 N–H and O–H groups in total. The van der Waals surface area contributed by atoms with Crippen LogP contribution in [0.4, 0.5) is 0 Å². The van der Waals surface area contributed by atoms with Crippen molar-refractivity contribution in [2.75, 3.05) is 19.6 Å². The van der Waals surface area contributed by atoms with E-state index in [1.807, 2.05) is 49.4 Å². The molecule has 5 nitrogen and oxygen atoms in total. The Hall–Kier alpha value is -3.41. The average Bonchev–Trinajstić information content (AvgIpc) is 2.70. The minimum absolute atomic E-state index is 0.0796. The van der Waals surface area contributed by atoms with Crippen LogP contribution in [0.2, 0.25) is 0 Å². The molecule has 2 aromatic rings. The van der Waals surface area contributed by atoms with Gasteiger partial charge < -0.3 is 10.6 Å². The van der Waals surface area contributed by atoms with Crippen LogP contribution in [0.3, 0.4) is 0 Å². The van der Waals surface area contributed by atoms with Crippen molar-refractivity contribution in [2.24, 2.45) is 0 Å². The van der Waals surface area contributed by atoms with E-state index in [9.17, 15) is 4.79 Å². The van der Waals surface area contributed by atoms with E-state index in [1.165, 1.54) is 0 Å². The lowest BCUT2D eigenvalue weighted by Crippen LogP contribution is -2.32. The molecular formula is C22H22N4O. The van der Waals surface area contributed by atoms with E-state index in [4.69, 9.17) is 10.5 Å². The first-order chi connectivity index (χ1) is 13.1. The molecule has 136 valence electrons. The Bertz CT molecular complexity index is 873. The summed E-state index contributed by atoms with van der Waals surface area (Å²) in [6.45, 7) is 3.96. The van der Waals surface area contributed by atoms with Gasteiger partial charge in [0, 0.05) is 18.7 Å². The molecule has 0 fully saturated rings. The molecule has 0 saturated heterocycles. The molecule has 0 aromatic heterocycles. The fraction of sp³-hybridized carbons (Fsp3) is 0.227. The number of hydrogen-bond acceptors (Lipinski definition) is 4. The second-order valence-electron chi connectivity index (χ2n) is 6.11. The van der Waals surface area contributed by atoms with Crippen molar-refractivity contribution >= 4 is 12.0 Å². The molecule has 0 radical (unpaired) electrons. The summed E-state index contributed by atoms with van der Waals surface area (Å²) >= 11 is 0. The Labute approximate surface area is 159 Å². The van der Waals surface area contributed by atoms with Crippen molar-refractivity contribution in [3.05, 3.63) is 76.4 Å². The van der Waals surface area contributed by atoms with Gasteiger partial charge in [-0.05, 0) is 49.2 Å². The summed E-state index contributed by atoms with van der Waals surface area (Å²) in [4.78, 5) is 11.9. The third kappa shape index (κ3) is 6.43. The molecule has 0 heterocycles. The van der Waals surface area contributed by atoms with E-state index in [-0.39, 0.29) is 11.5 Å². The Kier molecular flexibility index (Phi) is 7.78. The lowest BCUT2D eigenvalue weighted by Gasteiger charge is -2.10. The van der Waals surface area contributed by atoms with Gasteiger partial charge in [0.05, 0.1) is 0 Å². The van der Waals surface area contributed by atoms with Crippen LogP contribution >= 0.6 is 0 Å². The predicted octanol–water partition coefficient (Wildman–Crippen LogP) is 2.99. The highest BCUT2D eigenvalue weighted by Gasteiger charge is 2.04. The minimum Gasteiger partial charge on any atom is -0.351 e. The lowest BCUT2D eigenvalue weighted by atomic mass is 10.00. The summed E-state index contributed by atoms with van der Waals surface area (Å²) in [5.74, 6) is -0.0796. The second-order valence-corrected chi connectivity index (χ2v) is 6.11. The van der Waals surface area contributed by atoms with Gasteiger partial charge >= 0.3 is 0 Å². The number of nitrogens with one attached hydrogen (secondary N) is 2. The number of nitriles is 2. The van der Waals surface area contributed by atoms with Gasteiger partial charge in [-0.25, -0.2) is 0 Å². The maximum absolute atomic E-state index is 11.9. The summed E-state index contributed by atoms with van der Waals surface area (Å²) in [6.07, 6.45) is 2.39. The van der Waals surface area contributed by atoms with Crippen molar-refractivity contribution in [2.45, 2.75) is 13.3 Å². The summed E-state index contributed by atoms with van der Waals surface area (Å²) in [5.41, 5.74) is 3.85. The van der Waals surface area contributed by atoms with Gasteiger partial charge in [-0.3, -0.25) is 4.79 Å². The van der Waals surface area contributed by atoms with Crippen LogP contribution in [0.5, 0.6) is 0 Å². The molecule has 0 aliphatic carbocycles. The van der Waals surface area contributed by atoms with Crippen LogP contribution in [-0.2, 0) is 6.42 Å². The Morgan fingerprint density at radius 3 is 2.48 bits per heavy atom. The number of aryl methyl sites for hydroxylation is 1. The predicted molar refractivity (Wildman–Crippen MR) is 106 cm³/mol. The molecule has 2 rings (SSSR count). The van der Waals surface area contributed by atoms with E-state index >= 15 is 0 Å². The van der Waals surface area contributed by atoms with Crippen LogP contribution in [0.1, 0.15) is 27.0 Å². The van der Waals surface area contributed by atoms with Gasteiger partial charge in [-0.15, -0.1) is 0 Å². The van der Waals surface area contributed by atoms with Gasteiger partial charge in [0.25, 0.3) is 5.91 Å². The fourth-order valence-corrected chi connectivity index (χ4v) is 2.64. The first-order valence-corrected chi connectivity index (χ1v) is 8.79. The highest BCUT2D eigenvalue weighted by molar-refractivity contribution is 5.94. The Morgan fingerprint density at radius 1 is 1.04 bits per heavy atom. The maximum atomic E-state index is 11.9. The molecule has 0 bridgehead atoms. The van der Waals surface area contributed by atoms with E-state index in [0.29, 0.717) is 18.7 Å². The fourth-order valence-electron chi connectivity index (χ4n) is 2.64. The van der Waals surface area contributed by atoms with Crippen molar-refractivity contribution in [3.63, 3.8) is 0 Å². The van der Waals surface area contributed by atoms with Crippen LogP contribution in [0, 0.1) is 29.6 Å². The topological polar surface area (TPSA) is 88.7 Å². The molecular weight excluding hydrogens is 336 g/mol.